The predicted molar refractivity (Wildman–Crippen MR) is 134 cm³/mol. The van der Waals surface area contributed by atoms with E-state index in [2.05, 4.69) is 5.32 Å². The highest BCUT2D eigenvalue weighted by molar-refractivity contribution is 5.99. The molecule has 0 radical (unpaired) electrons. The number of carbonyl (C=O) groups is 2. The molecule has 2 fully saturated rings. The Hall–Kier alpha value is -3.29. The summed E-state index contributed by atoms with van der Waals surface area (Å²) < 4.78 is 12.5. The second-order valence-corrected chi connectivity index (χ2v) is 9.35. The lowest BCUT2D eigenvalue weighted by Crippen LogP contribution is -2.40. The molecular weight excluding hydrogens is 446 g/mol. The van der Waals surface area contributed by atoms with Crippen LogP contribution >= 0.6 is 0 Å². The highest BCUT2D eigenvalue weighted by Gasteiger charge is 2.26. The Morgan fingerprint density at radius 2 is 1.63 bits per heavy atom. The molecule has 2 amide bonds. The Morgan fingerprint density at radius 3 is 2.31 bits per heavy atom. The number of likely N-dealkylation sites (tertiary alicyclic amines) is 1. The quantitative estimate of drug-likeness (QED) is 0.623. The molecule has 1 aromatic heterocycles. The number of rotatable bonds is 8. The van der Waals surface area contributed by atoms with Gasteiger partial charge in [-0.05, 0) is 56.2 Å². The van der Waals surface area contributed by atoms with E-state index in [9.17, 15) is 14.4 Å². The molecule has 2 aliphatic rings. The van der Waals surface area contributed by atoms with Gasteiger partial charge in [-0.25, -0.2) is 0 Å². The van der Waals surface area contributed by atoms with Crippen molar-refractivity contribution in [2.45, 2.75) is 57.4 Å². The summed E-state index contributed by atoms with van der Waals surface area (Å²) in [6, 6.07) is 5.82. The van der Waals surface area contributed by atoms with Crippen molar-refractivity contribution >= 4 is 11.8 Å². The van der Waals surface area contributed by atoms with Crippen LogP contribution in [0.3, 0.4) is 0 Å². The van der Waals surface area contributed by atoms with Crippen LogP contribution in [0.4, 0.5) is 0 Å². The fourth-order valence-electron chi connectivity index (χ4n) is 5.04. The Labute approximate surface area is 206 Å². The van der Waals surface area contributed by atoms with Crippen molar-refractivity contribution < 1.29 is 19.1 Å². The van der Waals surface area contributed by atoms with Crippen molar-refractivity contribution in [1.82, 2.24) is 14.8 Å². The maximum atomic E-state index is 13.3. The Morgan fingerprint density at radius 1 is 0.943 bits per heavy atom. The summed E-state index contributed by atoms with van der Waals surface area (Å²) in [6.45, 7) is 1.66. The van der Waals surface area contributed by atoms with Crippen molar-refractivity contribution in [1.29, 1.82) is 0 Å². The largest absolute Gasteiger partial charge is 0.493 e. The van der Waals surface area contributed by atoms with Crippen molar-refractivity contribution in [2.75, 3.05) is 33.9 Å². The fraction of sp³-hybridized carbons (Fsp3) is 0.519. The average molecular weight is 482 g/mol. The van der Waals surface area contributed by atoms with Crippen LogP contribution in [0.5, 0.6) is 11.5 Å². The van der Waals surface area contributed by atoms with Crippen molar-refractivity contribution in [3.63, 3.8) is 0 Å². The van der Waals surface area contributed by atoms with Crippen LogP contribution < -0.4 is 20.2 Å². The summed E-state index contributed by atoms with van der Waals surface area (Å²) in [6.07, 6.45) is 11.1. The zero-order valence-corrected chi connectivity index (χ0v) is 20.7. The van der Waals surface area contributed by atoms with Gasteiger partial charge in [0.15, 0.2) is 11.5 Å². The molecule has 1 saturated heterocycles. The SMILES string of the molecule is COc1ccc(CCNC(=O)c2cn(C3CCCC3)cc(C(=O)N3CCCCC3)c2=O)cc1OC. The van der Waals surface area contributed by atoms with Crippen LogP contribution in [0.15, 0.2) is 35.4 Å². The monoisotopic (exact) mass is 481 g/mol. The van der Waals surface area contributed by atoms with Crippen LogP contribution in [-0.2, 0) is 6.42 Å². The van der Waals surface area contributed by atoms with Gasteiger partial charge in [-0.1, -0.05) is 18.9 Å². The van der Waals surface area contributed by atoms with E-state index in [-0.39, 0.29) is 23.1 Å². The van der Waals surface area contributed by atoms with Crippen molar-refractivity contribution in [2.24, 2.45) is 0 Å². The van der Waals surface area contributed by atoms with E-state index in [0.29, 0.717) is 37.6 Å². The third-order valence-corrected chi connectivity index (χ3v) is 7.06. The lowest BCUT2D eigenvalue weighted by Gasteiger charge is -2.27. The van der Waals surface area contributed by atoms with Gasteiger partial charge in [-0.2, -0.15) is 0 Å². The van der Waals surface area contributed by atoms with Gasteiger partial charge in [0.05, 0.1) is 14.2 Å². The molecule has 0 atom stereocenters. The lowest BCUT2D eigenvalue weighted by atomic mass is 10.1. The average Bonchev–Trinajstić information content (AvgIpc) is 3.44. The van der Waals surface area contributed by atoms with Crippen LogP contribution in [0, 0.1) is 0 Å². The normalized spacial score (nSPS) is 16.2. The molecule has 4 rings (SSSR count). The molecule has 1 aromatic carbocycles. The fourth-order valence-corrected chi connectivity index (χ4v) is 5.04. The zero-order valence-electron chi connectivity index (χ0n) is 20.7. The van der Waals surface area contributed by atoms with Gasteiger partial charge in [0.2, 0.25) is 5.43 Å². The Balaban J connectivity index is 1.53. The molecule has 1 saturated carbocycles. The number of methoxy groups -OCH3 is 2. The molecule has 0 bridgehead atoms. The first-order valence-corrected chi connectivity index (χ1v) is 12.6. The number of benzene rings is 1. The summed E-state index contributed by atoms with van der Waals surface area (Å²) >= 11 is 0. The number of carbonyl (C=O) groups excluding carboxylic acids is 2. The second-order valence-electron chi connectivity index (χ2n) is 9.35. The minimum atomic E-state index is -0.488. The smallest absolute Gasteiger partial charge is 0.259 e. The van der Waals surface area contributed by atoms with Gasteiger partial charge in [-0.15, -0.1) is 0 Å². The van der Waals surface area contributed by atoms with Gasteiger partial charge in [0.25, 0.3) is 11.8 Å². The van der Waals surface area contributed by atoms with Gasteiger partial charge in [-0.3, -0.25) is 14.4 Å². The maximum absolute atomic E-state index is 13.3. The number of aromatic nitrogens is 1. The van der Waals surface area contributed by atoms with Crippen LogP contribution in [0.1, 0.15) is 77.3 Å². The summed E-state index contributed by atoms with van der Waals surface area (Å²) in [7, 11) is 3.16. The molecule has 0 spiro atoms. The van der Waals surface area contributed by atoms with Gasteiger partial charge in [0.1, 0.15) is 11.1 Å². The van der Waals surface area contributed by atoms with E-state index >= 15 is 0 Å². The first kappa shape index (κ1) is 24.8. The van der Waals surface area contributed by atoms with E-state index in [1.807, 2.05) is 22.8 Å². The Bertz CT molecular complexity index is 1110. The standard InChI is InChI=1S/C27H35N3O5/c1-34-23-11-10-19(16-24(23)35-2)12-13-28-26(32)21-17-30(20-8-4-5-9-20)18-22(25(21)31)27(33)29-14-6-3-7-15-29/h10-11,16-18,20H,3-9,12-15H2,1-2H3,(H,28,32). The molecule has 35 heavy (non-hydrogen) atoms. The highest BCUT2D eigenvalue weighted by atomic mass is 16.5. The topological polar surface area (TPSA) is 89.9 Å². The zero-order chi connectivity index (χ0) is 24.8. The second kappa shape index (κ2) is 11.4. The van der Waals surface area contributed by atoms with Crippen molar-refractivity contribution in [3.05, 3.63) is 57.5 Å². The number of piperidine rings is 1. The van der Waals surface area contributed by atoms with E-state index in [1.54, 1.807) is 31.5 Å². The Kier molecular flexibility index (Phi) is 8.10. The van der Waals surface area contributed by atoms with Gasteiger partial charge in [0, 0.05) is 38.1 Å². The third kappa shape index (κ3) is 5.69. The van der Waals surface area contributed by atoms with Crippen LogP contribution in [-0.4, -0.2) is 55.1 Å². The number of pyridine rings is 1. The van der Waals surface area contributed by atoms with Crippen LogP contribution in [0.25, 0.3) is 0 Å². The van der Waals surface area contributed by atoms with Crippen LogP contribution in [0.2, 0.25) is 0 Å². The molecule has 1 aliphatic carbocycles. The number of amides is 2. The minimum Gasteiger partial charge on any atom is -0.493 e. The lowest BCUT2D eigenvalue weighted by molar-refractivity contribution is 0.0722. The highest BCUT2D eigenvalue weighted by Crippen LogP contribution is 2.30. The van der Waals surface area contributed by atoms with E-state index < -0.39 is 11.3 Å². The summed E-state index contributed by atoms with van der Waals surface area (Å²) in [4.78, 5) is 41.4. The molecule has 2 heterocycles. The first-order valence-electron chi connectivity index (χ1n) is 12.6. The summed E-state index contributed by atoms with van der Waals surface area (Å²) in [5, 5.41) is 2.87. The molecule has 8 nitrogen and oxygen atoms in total. The van der Waals surface area contributed by atoms with Crippen molar-refractivity contribution in [3.8, 4) is 11.5 Å². The first-order chi connectivity index (χ1) is 17.0. The minimum absolute atomic E-state index is 0.0343. The molecule has 1 N–H and O–H groups in total. The molecular formula is C27H35N3O5. The molecule has 0 unspecified atom stereocenters. The molecule has 8 heteroatoms. The molecule has 2 aromatic rings. The number of ether oxygens (including phenoxy) is 2. The molecule has 1 aliphatic heterocycles. The third-order valence-electron chi connectivity index (χ3n) is 7.06. The number of hydrogen-bond donors (Lipinski definition) is 1. The molecule has 188 valence electrons. The maximum Gasteiger partial charge on any atom is 0.259 e. The van der Waals surface area contributed by atoms with E-state index in [4.69, 9.17) is 9.47 Å². The van der Waals surface area contributed by atoms with Gasteiger partial charge < -0.3 is 24.3 Å². The van der Waals surface area contributed by atoms with E-state index in [0.717, 1.165) is 50.5 Å². The number of hydrogen-bond acceptors (Lipinski definition) is 5. The van der Waals surface area contributed by atoms with E-state index in [1.165, 1.54) is 0 Å². The number of nitrogens with one attached hydrogen (secondary N) is 1. The summed E-state index contributed by atoms with van der Waals surface area (Å²) in [5.74, 6) is 0.555. The number of nitrogens with zero attached hydrogens (tertiary/aromatic N) is 2. The summed E-state index contributed by atoms with van der Waals surface area (Å²) in [5.41, 5.74) is 0.622. The van der Waals surface area contributed by atoms with Gasteiger partial charge >= 0.3 is 0 Å². The predicted octanol–water partition coefficient (Wildman–Crippen LogP) is 3.58.